The number of pyridine rings is 2. The van der Waals surface area contributed by atoms with E-state index in [-0.39, 0.29) is 17.7 Å². The summed E-state index contributed by atoms with van der Waals surface area (Å²) in [7, 11) is 1.59. The first-order valence-corrected chi connectivity index (χ1v) is 9.26. The van der Waals surface area contributed by atoms with Gasteiger partial charge in [-0.25, -0.2) is 4.98 Å². The molecule has 8 heteroatoms. The summed E-state index contributed by atoms with van der Waals surface area (Å²) in [6, 6.07) is 5.26. The standard InChI is InChI=1S/C20H21N5O3/c1-12-9-15(18(26)21-2)16-17(24-28-19(16)23-12)14-6-4-8-25(11-14)20(27)13-5-3-7-22-10-13/h3,5,7,9-10,14H,4,6,8,11H2,1-2H3,(H,21,26). The number of hydrogen-bond donors (Lipinski definition) is 1. The van der Waals surface area contributed by atoms with Gasteiger partial charge in [0.2, 0.25) is 0 Å². The Balaban J connectivity index is 1.68. The molecule has 144 valence electrons. The number of aryl methyl sites for hydroxylation is 1. The van der Waals surface area contributed by atoms with E-state index >= 15 is 0 Å². The van der Waals surface area contributed by atoms with Gasteiger partial charge in [0.15, 0.2) is 0 Å². The van der Waals surface area contributed by atoms with E-state index in [0.29, 0.717) is 46.7 Å². The fraction of sp³-hybridized carbons (Fsp3) is 0.350. The number of likely N-dealkylation sites (tertiary alicyclic amines) is 1. The molecular formula is C20H21N5O3. The Kier molecular flexibility index (Phi) is 4.77. The average molecular weight is 379 g/mol. The Morgan fingerprint density at radius 1 is 1.36 bits per heavy atom. The fourth-order valence-electron chi connectivity index (χ4n) is 3.75. The summed E-state index contributed by atoms with van der Waals surface area (Å²) in [5.74, 6) is -0.284. The molecule has 8 nitrogen and oxygen atoms in total. The lowest BCUT2D eigenvalue weighted by Gasteiger charge is -2.32. The second-order valence-electron chi connectivity index (χ2n) is 6.97. The molecule has 3 aromatic rings. The number of amides is 2. The number of rotatable bonds is 3. The van der Waals surface area contributed by atoms with E-state index in [1.807, 2.05) is 11.8 Å². The van der Waals surface area contributed by atoms with Gasteiger partial charge in [0.25, 0.3) is 17.5 Å². The first kappa shape index (κ1) is 18.1. The summed E-state index contributed by atoms with van der Waals surface area (Å²) in [5.41, 5.74) is 2.79. The molecule has 1 fully saturated rings. The molecule has 0 saturated carbocycles. The van der Waals surface area contributed by atoms with Crippen LogP contribution in [0.2, 0.25) is 0 Å². The third kappa shape index (κ3) is 3.21. The fourth-order valence-corrected chi connectivity index (χ4v) is 3.75. The van der Waals surface area contributed by atoms with E-state index in [9.17, 15) is 9.59 Å². The summed E-state index contributed by atoms with van der Waals surface area (Å²) in [4.78, 5) is 35.4. The smallest absolute Gasteiger partial charge is 0.259 e. The van der Waals surface area contributed by atoms with Crippen molar-refractivity contribution in [1.82, 2.24) is 25.3 Å². The number of fused-ring (bicyclic) bond motifs is 1. The van der Waals surface area contributed by atoms with E-state index in [2.05, 4.69) is 20.4 Å². The molecule has 1 N–H and O–H groups in total. The molecule has 1 saturated heterocycles. The average Bonchev–Trinajstić information content (AvgIpc) is 3.16. The lowest BCUT2D eigenvalue weighted by Crippen LogP contribution is -2.39. The predicted octanol–water partition coefficient (Wildman–Crippen LogP) is 2.31. The zero-order valence-corrected chi connectivity index (χ0v) is 15.8. The number of hydrogen-bond acceptors (Lipinski definition) is 6. The van der Waals surface area contributed by atoms with Crippen molar-refractivity contribution >= 4 is 22.9 Å². The maximum Gasteiger partial charge on any atom is 0.259 e. The Labute approximate surface area is 161 Å². The molecule has 2 amide bonds. The first-order valence-electron chi connectivity index (χ1n) is 9.26. The molecule has 0 aliphatic carbocycles. The van der Waals surface area contributed by atoms with Crippen LogP contribution >= 0.6 is 0 Å². The third-order valence-corrected chi connectivity index (χ3v) is 5.08. The van der Waals surface area contributed by atoms with Gasteiger partial charge in [0, 0.05) is 44.1 Å². The van der Waals surface area contributed by atoms with Crippen molar-refractivity contribution in [3.8, 4) is 0 Å². The van der Waals surface area contributed by atoms with Crippen LogP contribution in [0, 0.1) is 6.92 Å². The van der Waals surface area contributed by atoms with Gasteiger partial charge in [-0.1, -0.05) is 5.16 Å². The van der Waals surface area contributed by atoms with Gasteiger partial charge < -0.3 is 14.7 Å². The SMILES string of the molecule is CNC(=O)c1cc(C)nc2onc(C3CCCN(C(=O)c4cccnc4)C3)c12. The van der Waals surface area contributed by atoms with Crippen LogP contribution in [0.15, 0.2) is 35.1 Å². The summed E-state index contributed by atoms with van der Waals surface area (Å²) < 4.78 is 5.44. The van der Waals surface area contributed by atoms with Crippen LogP contribution in [-0.2, 0) is 0 Å². The predicted molar refractivity (Wildman–Crippen MR) is 102 cm³/mol. The Bertz CT molecular complexity index is 1030. The van der Waals surface area contributed by atoms with Gasteiger partial charge in [0.05, 0.1) is 22.2 Å². The number of nitrogens with one attached hydrogen (secondary N) is 1. The lowest BCUT2D eigenvalue weighted by molar-refractivity contribution is 0.0704. The van der Waals surface area contributed by atoms with Crippen molar-refractivity contribution in [3.05, 3.63) is 53.1 Å². The highest BCUT2D eigenvalue weighted by Crippen LogP contribution is 2.33. The highest BCUT2D eigenvalue weighted by Gasteiger charge is 2.31. The van der Waals surface area contributed by atoms with Crippen molar-refractivity contribution in [3.63, 3.8) is 0 Å². The van der Waals surface area contributed by atoms with E-state index < -0.39 is 0 Å². The zero-order chi connectivity index (χ0) is 19.7. The topological polar surface area (TPSA) is 101 Å². The minimum absolute atomic E-state index is 0.0245. The zero-order valence-electron chi connectivity index (χ0n) is 15.8. The van der Waals surface area contributed by atoms with Crippen LogP contribution in [-0.4, -0.2) is 52.0 Å². The number of carbonyl (C=O) groups is 2. The van der Waals surface area contributed by atoms with Crippen molar-refractivity contribution in [2.75, 3.05) is 20.1 Å². The number of aromatic nitrogens is 3. The van der Waals surface area contributed by atoms with Gasteiger partial charge in [-0.15, -0.1) is 0 Å². The molecule has 3 aromatic heterocycles. The second kappa shape index (κ2) is 7.38. The summed E-state index contributed by atoms with van der Waals surface area (Å²) in [5, 5.41) is 7.53. The van der Waals surface area contributed by atoms with Gasteiger partial charge in [0.1, 0.15) is 0 Å². The molecular weight excluding hydrogens is 358 g/mol. The Hall–Kier alpha value is -3.29. The number of piperidine rings is 1. The van der Waals surface area contributed by atoms with Crippen LogP contribution in [0.3, 0.4) is 0 Å². The summed E-state index contributed by atoms with van der Waals surface area (Å²) >= 11 is 0. The monoisotopic (exact) mass is 379 g/mol. The molecule has 1 aliphatic rings. The molecule has 1 atom stereocenters. The van der Waals surface area contributed by atoms with Gasteiger partial charge >= 0.3 is 0 Å². The van der Waals surface area contributed by atoms with Gasteiger partial charge in [-0.3, -0.25) is 14.6 Å². The molecule has 28 heavy (non-hydrogen) atoms. The molecule has 0 bridgehead atoms. The second-order valence-corrected chi connectivity index (χ2v) is 6.97. The van der Waals surface area contributed by atoms with Gasteiger partial charge in [-0.05, 0) is 38.0 Å². The van der Waals surface area contributed by atoms with Gasteiger partial charge in [-0.2, -0.15) is 0 Å². The highest BCUT2D eigenvalue weighted by atomic mass is 16.5. The molecule has 0 spiro atoms. The molecule has 1 unspecified atom stereocenters. The first-order chi connectivity index (χ1) is 13.6. The Morgan fingerprint density at radius 3 is 2.96 bits per heavy atom. The minimum Gasteiger partial charge on any atom is -0.355 e. The van der Waals surface area contributed by atoms with Crippen LogP contribution in [0.25, 0.3) is 11.1 Å². The maximum atomic E-state index is 12.8. The van der Waals surface area contributed by atoms with E-state index in [1.165, 1.54) is 0 Å². The van der Waals surface area contributed by atoms with E-state index in [4.69, 9.17) is 4.52 Å². The van der Waals surface area contributed by atoms with Crippen LogP contribution in [0.1, 0.15) is 50.9 Å². The molecule has 0 radical (unpaired) electrons. The van der Waals surface area contributed by atoms with Crippen LogP contribution in [0.5, 0.6) is 0 Å². The van der Waals surface area contributed by atoms with Crippen molar-refractivity contribution in [2.45, 2.75) is 25.7 Å². The molecule has 0 aromatic carbocycles. The number of carbonyl (C=O) groups excluding carboxylic acids is 2. The normalized spacial score (nSPS) is 16.9. The van der Waals surface area contributed by atoms with E-state index in [0.717, 1.165) is 12.8 Å². The van der Waals surface area contributed by atoms with Crippen molar-refractivity contribution < 1.29 is 14.1 Å². The largest absolute Gasteiger partial charge is 0.355 e. The van der Waals surface area contributed by atoms with Crippen LogP contribution < -0.4 is 5.32 Å². The molecule has 1 aliphatic heterocycles. The molecule has 4 rings (SSSR count). The Morgan fingerprint density at radius 2 is 2.21 bits per heavy atom. The highest BCUT2D eigenvalue weighted by molar-refractivity contribution is 6.06. The lowest BCUT2D eigenvalue weighted by atomic mass is 9.91. The third-order valence-electron chi connectivity index (χ3n) is 5.08. The minimum atomic E-state index is -0.209. The number of nitrogens with zero attached hydrogens (tertiary/aromatic N) is 4. The van der Waals surface area contributed by atoms with Crippen molar-refractivity contribution in [2.24, 2.45) is 0 Å². The summed E-state index contributed by atoms with van der Waals surface area (Å²) in [6.07, 6.45) is 4.93. The maximum absolute atomic E-state index is 12.8. The van der Waals surface area contributed by atoms with Crippen molar-refractivity contribution in [1.29, 1.82) is 0 Å². The summed E-state index contributed by atoms with van der Waals surface area (Å²) in [6.45, 7) is 3.00. The quantitative estimate of drug-likeness (QED) is 0.749. The van der Waals surface area contributed by atoms with E-state index in [1.54, 1.807) is 37.6 Å². The van der Waals surface area contributed by atoms with Crippen LogP contribution in [0.4, 0.5) is 0 Å². The molecule has 4 heterocycles.